The predicted molar refractivity (Wildman–Crippen MR) is 116 cm³/mol. The van der Waals surface area contributed by atoms with Gasteiger partial charge in [0.15, 0.2) is 0 Å². The van der Waals surface area contributed by atoms with Crippen LogP contribution in [0.5, 0.6) is 0 Å². The Kier molecular flexibility index (Phi) is 7.58. The summed E-state index contributed by atoms with van der Waals surface area (Å²) in [6.45, 7) is 2.78. The molecular weight excluding hydrogens is 372 g/mol. The van der Waals surface area contributed by atoms with Gasteiger partial charge in [-0.3, -0.25) is 4.79 Å². The largest absolute Gasteiger partial charge is 0.357 e. The molecule has 3 fully saturated rings. The summed E-state index contributed by atoms with van der Waals surface area (Å²) < 4.78 is 0. The number of nitrogens with one attached hydrogen (secondary N) is 1. The van der Waals surface area contributed by atoms with Gasteiger partial charge in [-0.15, -0.1) is 12.4 Å². The van der Waals surface area contributed by atoms with Crippen LogP contribution in [0.4, 0.5) is 5.82 Å². The fourth-order valence-electron chi connectivity index (χ4n) is 5.38. The smallest absolute Gasteiger partial charge is 0.223 e. The lowest BCUT2D eigenvalue weighted by molar-refractivity contribution is -0.128. The van der Waals surface area contributed by atoms with Gasteiger partial charge in [-0.05, 0) is 68.1 Å². The van der Waals surface area contributed by atoms with Crippen molar-refractivity contribution >= 4 is 24.1 Å². The fourth-order valence-corrected chi connectivity index (χ4v) is 5.38. The Morgan fingerprint density at radius 1 is 1.11 bits per heavy atom. The molecule has 0 aromatic carbocycles. The topological polar surface area (TPSA) is 71.2 Å². The van der Waals surface area contributed by atoms with E-state index in [0.717, 1.165) is 37.3 Å². The highest BCUT2D eigenvalue weighted by Crippen LogP contribution is 2.41. The third-order valence-corrected chi connectivity index (χ3v) is 6.99. The molecule has 1 saturated heterocycles. The van der Waals surface area contributed by atoms with Crippen molar-refractivity contribution in [2.24, 2.45) is 23.5 Å². The summed E-state index contributed by atoms with van der Waals surface area (Å²) in [6.07, 6.45) is 12.6. The number of amides is 1. The van der Waals surface area contributed by atoms with E-state index in [-0.39, 0.29) is 24.2 Å². The first-order valence-corrected chi connectivity index (χ1v) is 10.9. The lowest BCUT2D eigenvalue weighted by Crippen LogP contribution is -2.49. The number of carbonyl (C=O) groups is 1. The van der Waals surface area contributed by atoms with E-state index < -0.39 is 0 Å². The van der Waals surface area contributed by atoms with E-state index in [4.69, 9.17) is 5.73 Å². The Labute approximate surface area is 175 Å². The number of carbonyl (C=O) groups excluding carboxylic acids is 1. The van der Waals surface area contributed by atoms with Gasteiger partial charge in [0.1, 0.15) is 5.82 Å². The third kappa shape index (κ3) is 4.98. The molecule has 1 amide bonds. The van der Waals surface area contributed by atoms with Crippen LogP contribution in [-0.4, -0.2) is 30.0 Å². The third-order valence-electron chi connectivity index (χ3n) is 6.99. The van der Waals surface area contributed by atoms with Gasteiger partial charge in [-0.2, -0.15) is 0 Å². The van der Waals surface area contributed by atoms with Crippen LogP contribution in [0.2, 0.25) is 0 Å². The molecule has 0 radical (unpaired) electrons. The van der Waals surface area contributed by atoms with Crippen molar-refractivity contribution in [1.82, 2.24) is 10.3 Å². The van der Waals surface area contributed by atoms with Crippen LogP contribution in [0.25, 0.3) is 0 Å². The van der Waals surface area contributed by atoms with Gasteiger partial charge < -0.3 is 16.0 Å². The van der Waals surface area contributed by atoms with Gasteiger partial charge >= 0.3 is 0 Å². The second-order valence-electron chi connectivity index (χ2n) is 8.84. The molecule has 2 bridgehead atoms. The van der Waals surface area contributed by atoms with Crippen LogP contribution in [0, 0.1) is 17.8 Å². The highest BCUT2D eigenvalue weighted by molar-refractivity contribution is 5.85. The SMILES string of the molecule is Cl.NC1C2CCCC1CC(C(=O)NCc1ccnc(N3CCCCCC3)c1)C2. The predicted octanol–water partition coefficient (Wildman–Crippen LogP) is 3.65. The van der Waals surface area contributed by atoms with Gasteiger partial charge in [0.25, 0.3) is 0 Å². The first-order valence-electron chi connectivity index (χ1n) is 10.9. The number of fused-ring (bicyclic) bond motifs is 2. The summed E-state index contributed by atoms with van der Waals surface area (Å²) in [7, 11) is 0. The fraction of sp³-hybridized carbons (Fsp3) is 0.727. The first kappa shape index (κ1) is 21.4. The van der Waals surface area contributed by atoms with Gasteiger partial charge in [0.2, 0.25) is 5.91 Å². The highest BCUT2D eigenvalue weighted by atomic mass is 35.5. The van der Waals surface area contributed by atoms with Crippen LogP contribution in [0.15, 0.2) is 18.3 Å². The summed E-state index contributed by atoms with van der Waals surface area (Å²) in [6, 6.07) is 4.49. The number of halogens is 1. The lowest BCUT2D eigenvalue weighted by Gasteiger charge is -2.43. The van der Waals surface area contributed by atoms with Crippen LogP contribution >= 0.6 is 12.4 Å². The molecule has 1 aliphatic heterocycles. The van der Waals surface area contributed by atoms with Crippen molar-refractivity contribution < 1.29 is 4.79 Å². The number of anilines is 1. The molecule has 2 atom stereocenters. The molecule has 1 aromatic heterocycles. The molecule has 2 heterocycles. The van der Waals surface area contributed by atoms with E-state index in [0.29, 0.717) is 24.4 Å². The number of nitrogens with zero attached hydrogens (tertiary/aromatic N) is 2. The van der Waals surface area contributed by atoms with Crippen molar-refractivity contribution in [1.29, 1.82) is 0 Å². The van der Waals surface area contributed by atoms with Crippen molar-refractivity contribution in [3.8, 4) is 0 Å². The molecule has 4 rings (SSSR count). The number of nitrogens with two attached hydrogens (primary N) is 1. The minimum absolute atomic E-state index is 0. The monoisotopic (exact) mass is 406 g/mol. The minimum Gasteiger partial charge on any atom is -0.357 e. The van der Waals surface area contributed by atoms with Crippen molar-refractivity contribution in [2.75, 3.05) is 18.0 Å². The number of rotatable bonds is 4. The molecule has 2 unspecified atom stereocenters. The quantitative estimate of drug-likeness (QED) is 0.800. The molecule has 2 aliphatic carbocycles. The molecule has 6 heteroatoms. The molecule has 156 valence electrons. The maximum atomic E-state index is 12.8. The molecule has 5 nitrogen and oxygen atoms in total. The summed E-state index contributed by atoms with van der Waals surface area (Å²) in [4.78, 5) is 19.7. The zero-order chi connectivity index (χ0) is 18.6. The minimum atomic E-state index is 0. The maximum absolute atomic E-state index is 12.8. The average molecular weight is 407 g/mol. The lowest BCUT2D eigenvalue weighted by atomic mass is 9.65. The number of pyridine rings is 1. The van der Waals surface area contributed by atoms with Crippen molar-refractivity contribution in [2.45, 2.75) is 70.4 Å². The highest BCUT2D eigenvalue weighted by Gasteiger charge is 2.40. The van der Waals surface area contributed by atoms with Crippen LogP contribution in [0.1, 0.15) is 63.4 Å². The standard InChI is InChI=1S/C22H34N4O.ClH/c23-21-17-6-5-7-18(21)14-19(13-17)22(27)25-15-16-8-9-24-20(12-16)26-10-3-1-2-4-11-26;/h8-9,12,17-19,21H,1-7,10-11,13-15,23H2,(H,25,27);1H. The van der Waals surface area contributed by atoms with E-state index in [1.54, 1.807) is 0 Å². The summed E-state index contributed by atoms with van der Waals surface area (Å²) >= 11 is 0. The normalized spacial score (nSPS) is 30.1. The second kappa shape index (κ2) is 9.93. The number of hydrogen-bond acceptors (Lipinski definition) is 4. The van der Waals surface area contributed by atoms with Gasteiger partial charge in [-0.25, -0.2) is 4.98 Å². The van der Waals surface area contributed by atoms with Crippen molar-refractivity contribution in [3.63, 3.8) is 0 Å². The zero-order valence-electron chi connectivity index (χ0n) is 16.8. The molecule has 2 saturated carbocycles. The molecule has 0 spiro atoms. The van der Waals surface area contributed by atoms with Crippen molar-refractivity contribution in [3.05, 3.63) is 23.9 Å². The van der Waals surface area contributed by atoms with Crippen LogP contribution in [-0.2, 0) is 11.3 Å². The van der Waals surface area contributed by atoms with E-state index in [2.05, 4.69) is 21.3 Å². The van der Waals surface area contributed by atoms with E-state index in [1.807, 2.05) is 12.3 Å². The second-order valence-corrected chi connectivity index (χ2v) is 8.84. The Balaban J connectivity index is 0.00000225. The van der Waals surface area contributed by atoms with Gasteiger partial charge in [0, 0.05) is 37.8 Å². The molecule has 3 aliphatic rings. The van der Waals surface area contributed by atoms with E-state index >= 15 is 0 Å². The van der Waals surface area contributed by atoms with Gasteiger partial charge in [-0.1, -0.05) is 19.3 Å². The van der Waals surface area contributed by atoms with Gasteiger partial charge in [0.05, 0.1) is 0 Å². The molecule has 3 N–H and O–H groups in total. The average Bonchev–Trinajstić information content (AvgIpc) is 2.96. The number of hydrogen-bond donors (Lipinski definition) is 2. The summed E-state index contributed by atoms with van der Waals surface area (Å²) in [5.74, 6) is 2.51. The summed E-state index contributed by atoms with van der Waals surface area (Å²) in [5, 5.41) is 3.19. The van der Waals surface area contributed by atoms with Crippen LogP contribution in [0.3, 0.4) is 0 Å². The Hall–Kier alpha value is -1.33. The van der Waals surface area contributed by atoms with Crippen LogP contribution < -0.4 is 16.0 Å². The zero-order valence-corrected chi connectivity index (χ0v) is 17.6. The Bertz CT molecular complexity index is 633. The maximum Gasteiger partial charge on any atom is 0.223 e. The summed E-state index contributed by atoms with van der Waals surface area (Å²) in [5.41, 5.74) is 7.51. The molecular formula is C22H35ClN4O. The van der Waals surface area contributed by atoms with E-state index in [9.17, 15) is 4.79 Å². The molecule has 28 heavy (non-hydrogen) atoms. The number of aromatic nitrogens is 1. The molecule has 1 aromatic rings. The first-order chi connectivity index (χ1) is 13.2. The Morgan fingerprint density at radius 2 is 1.79 bits per heavy atom. The van der Waals surface area contributed by atoms with E-state index in [1.165, 1.54) is 44.9 Å². The Morgan fingerprint density at radius 3 is 2.46 bits per heavy atom.